The number of hydrogen-bond acceptors (Lipinski definition) is 4. The van der Waals surface area contributed by atoms with E-state index in [2.05, 4.69) is 17.2 Å². The summed E-state index contributed by atoms with van der Waals surface area (Å²) >= 11 is 5.90. The number of nitrogens with zero attached hydrogens (tertiary/aromatic N) is 2. The molecule has 1 amide bonds. The molecule has 1 aromatic heterocycles. The quantitative estimate of drug-likeness (QED) is 0.830. The van der Waals surface area contributed by atoms with Gasteiger partial charge in [0.1, 0.15) is 16.6 Å². The van der Waals surface area contributed by atoms with E-state index < -0.39 is 5.60 Å². The second kappa shape index (κ2) is 7.39. The number of hydrogen-bond donors (Lipinski definition) is 1. The number of carbonyl (C=O) groups excluding carboxylic acids is 1. The van der Waals surface area contributed by atoms with Crippen molar-refractivity contribution in [3.05, 3.63) is 23.4 Å². The first-order valence-corrected chi connectivity index (χ1v) is 8.51. The van der Waals surface area contributed by atoms with Gasteiger partial charge in [-0.05, 0) is 59.1 Å². The zero-order valence-corrected chi connectivity index (χ0v) is 15.1. The summed E-state index contributed by atoms with van der Waals surface area (Å²) in [7, 11) is 0. The van der Waals surface area contributed by atoms with E-state index in [1.165, 1.54) is 0 Å². The summed E-state index contributed by atoms with van der Waals surface area (Å²) in [5.41, 5.74) is -0.460. The van der Waals surface area contributed by atoms with Crippen LogP contribution in [0, 0.1) is 0 Å². The van der Waals surface area contributed by atoms with Crippen LogP contribution in [0.2, 0.25) is 5.15 Å². The van der Waals surface area contributed by atoms with Gasteiger partial charge in [0.05, 0.1) is 0 Å². The highest BCUT2D eigenvalue weighted by molar-refractivity contribution is 6.29. The number of nitrogens with one attached hydrogen (secondary N) is 1. The van der Waals surface area contributed by atoms with Crippen molar-refractivity contribution in [3.63, 3.8) is 0 Å². The summed E-state index contributed by atoms with van der Waals surface area (Å²) in [6.45, 7) is 8.54. The molecule has 5 nitrogen and oxygen atoms in total. The Labute approximate surface area is 143 Å². The summed E-state index contributed by atoms with van der Waals surface area (Å²) in [5.74, 6) is 0.756. The van der Waals surface area contributed by atoms with E-state index in [4.69, 9.17) is 16.3 Å². The van der Waals surface area contributed by atoms with E-state index in [0.717, 1.165) is 31.6 Å². The number of halogens is 1. The van der Waals surface area contributed by atoms with E-state index in [1.54, 1.807) is 6.07 Å². The van der Waals surface area contributed by atoms with Gasteiger partial charge in [-0.1, -0.05) is 17.7 Å². The molecule has 2 heterocycles. The first kappa shape index (κ1) is 17.9. The molecule has 1 aromatic rings. The smallest absolute Gasteiger partial charge is 0.410 e. The second-order valence-corrected chi connectivity index (χ2v) is 7.48. The zero-order valence-electron chi connectivity index (χ0n) is 14.3. The monoisotopic (exact) mass is 339 g/mol. The molecular formula is C17H26ClN3O2. The van der Waals surface area contributed by atoms with Gasteiger partial charge >= 0.3 is 6.09 Å². The van der Waals surface area contributed by atoms with E-state index in [0.29, 0.717) is 5.15 Å². The molecule has 128 valence electrons. The lowest BCUT2D eigenvalue weighted by molar-refractivity contribution is 0.0218. The molecule has 0 radical (unpaired) electrons. The van der Waals surface area contributed by atoms with Crippen molar-refractivity contribution in [2.45, 2.75) is 64.6 Å². The van der Waals surface area contributed by atoms with Crippen molar-refractivity contribution >= 4 is 23.5 Å². The van der Waals surface area contributed by atoms with Gasteiger partial charge < -0.3 is 15.0 Å². The lowest BCUT2D eigenvalue weighted by atomic mass is 10.1. The maximum Gasteiger partial charge on any atom is 0.410 e. The van der Waals surface area contributed by atoms with E-state index in [1.807, 2.05) is 37.8 Å². The number of aromatic nitrogens is 1. The number of likely N-dealkylation sites (tertiary alicyclic amines) is 1. The van der Waals surface area contributed by atoms with Crippen LogP contribution in [-0.2, 0) is 4.74 Å². The van der Waals surface area contributed by atoms with Crippen LogP contribution < -0.4 is 5.32 Å². The molecule has 1 N–H and O–H groups in total. The predicted octanol–water partition coefficient (Wildman–Crippen LogP) is 4.33. The average Bonchev–Trinajstić information content (AvgIpc) is 2.84. The molecule has 23 heavy (non-hydrogen) atoms. The molecule has 0 saturated carbocycles. The Kier molecular flexibility index (Phi) is 5.74. The molecule has 0 aliphatic carbocycles. The second-order valence-electron chi connectivity index (χ2n) is 7.10. The van der Waals surface area contributed by atoms with Gasteiger partial charge in [0.25, 0.3) is 0 Å². The Morgan fingerprint density at radius 2 is 2.26 bits per heavy atom. The molecule has 0 bridgehead atoms. The van der Waals surface area contributed by atoms with Crippen molar-refractivity contribution in [1.82, 2.24) is 9.88 Å². The summed E-state index contributed by atoms with van der Waals surface area (Å²) in [4.78, 5) is 18.4. The fourth-order valence-electron chi connectivity index (χ4n) is 2.85. The Balaban J connectivity index is 1.91. The third-order valence-corrected chi connectivity index (χ3v) is 3.95. The van der Waals surface area contributed by atoms with Gasteiger partial charge in [-0.25, -0.2) is 9.78 Å². The van der Waals surface area contributed by atoms with Gasteiger partial charge in [-0.3, -0.25) is 0 Å². The maximum absolute atomic E-state index is 12.3. The molecule has 1 aliphatic rings. The van der Waals surface area contributed by atoms with Gasteiger partial charge in [0.2, 0.25) is 0 Å². The minimum atomic E-state index is -0.460. The number of ether oxygens (including phenoxy) is 1. The summed E-state index contributed by atoms with van der Waals surface area (Å²) in [5, 5.41) is 3.81. The van der Waals surface area contributed by atoms with Crippen LogP contribution in [0.3, 0.4) is 0 Å². The Morgan fingerprint density at radius 3 is 2.91 bits per heavy atom. The number of rotatable bonds is 4. The third kappa shape index (κ3) is 5.57. The molecule has 0 aromatic carbocycles. The largest absolute Gasteiger partial charge is 0.444 e. The van der Waals surface area contributed by atoms with Crippen LogP contribution in [-0.4, -0.2) is 40.2 Å². The van der Waals surface area contributed by atoms with E-state index in [9.17, 15) is 4.79 Å². The van der Waals surface area contributed by atoms with E-state index in [-0.39, 0.29) is 18.2 Å². The van der Waals surface area contributed by atoms with Crippen LogP contribution in [0.15, 0.2) is 18.2 Å². The lowest BCUT2D eigenvalue weighted by Crippen LogP contribution is -2.41. The molecule has 0 spiro atoms. The molecular weight excluding hydrogens is 314 g/mol. The number of carbonyl (C=O) groups is 1. The number of pyridine rings is 1. The highest BCUT2D eigenvalue weighted by atomic mass is 35.5. The minimum absolute atomic E-state index is 0.189. The SMILES string of the molecule is CC(CC1CCCN1C(=O)OC(C)(C)C)Nc1cccc(Cl)n1. The molecule has 2 rings (SSSR count). The molecule has 6 heteroatoms. The van der Waals surface area contributed by atoms with Gasteiger partial charge in [0, 0.05) is 18.6 Å². The van der Waals surface area contributed by atoms with Crippen LogP contribution >= 0.6 is 11.6 Å². The fourth-order valence-corrected chi connectivity index (χ4v) is 3.01. The first-order valence-electron chi connectivity index (χ1n) is 8.13. The zero-order chi connectivity index (χ0) is 17.0. The normalized spacial score (nSPS) is 19.5. The minimum Gasteiger partial charge on any atom is -0.444 e. The molecule has 2 atom stereocenters. The van der Waals surface area contributed by atoms with E-state index >= 15 is 0 Å². The van der Waals surface area contributed by atoms with Gasteiger partial charge in [-0.15, -0.1) is 0 Å². The average molecular weight is 340 g/mol. The number of anilines is 1. The fraction of sp³-hybridized carbons (Fsp3) is 0.647. The Bertz CT molecular complexity index is 545. The first-order chi connectivity index (χ1) is 10.7. The summed E-state index contributed by atoms with van der Waals surface area (Å²) < 4.78 is 5.50. The summed E-state index contributed by atoms with van der Waals surface area (Å²) in [6, 6.07) is 5.90. The molecule has 2 unspecified atom stereocenters. The molecule has 1 aliphatic heterocycles. The van der Waals surface area contributed by atoms with Crippen molar-refractivity contribution < 1.29 is 9.53 Å². The number of amides is 1. The van der Waals surface area contributed by atoms with Crippen LogP contribution in [0.25, 0.3) is 0 Å². The van der Waals surface area contributed by atoms with Crippen molar-refractivity contribution in [2.24, 2.45) is 0 Å². The highest BCUT2D eigenvalue weighted by Gasteiger charge is 2.32. The Morgan fingerprint density at radius 1 is 1.52 bits per heavy atom. The van der Waals surface area contributed by atoms with Gasteiger partial charge in [-0.2, -0.15) is 0 Å². The van der Waals surface area contributed by atoms with Crippen LogP contribution in [0.1, 0.15) is 47.0 Å². The Hall–Kier alpha value is -1.49. The van der Waals surface area contributed by atoms with Crippen molar-refractivity contribution in [3.8, 4) is 0 Å². The lowest BCUT2D eigenvalue weighted by Gasteiger charge is -2.30. The molecule has 1 saturated heterocycles. The topological polar surface area (TPSA) is 54.5 Å². The summed E-state index contributed by atoms with van der Waals surface area (Å²) in [6.07, 6.45) is 2.67. The molecule has 1 fully saturated rings. The highest BCUT2D eigenvalue weighted by Crippen LogP contribution is 2.25. The standard InChI is InChI=1S/C17H26ClN3O2/c1-12(19-15-9-5-8-14(18)20-15)11-13-7-6-10-21(13)16(22)23-17(2,3)4/h5,8-9,12-13H,6-7,10-11H2,1-4H3,(H,19,20). The predicted molar refractivity (Wildman–Crippen MR) is 92.9 cm³/mol. The van der Waals surface area contributed by atoms with Crippen molar-refractivity contribution in [1.29, 1.82) is 0 Å². The van der Waals surface area contributed by atoms with Crippen molar-refractivity contribution in [2.75, 3.05) is 11.9 Å². The third-order valence-electron chi connectivity index (χ3n) is 3.74. The maximum atomic E-state index is 12.3. The van der Waals surface area contributed by atoms with Crippen LogP contribution in [0.5, 0.6) is 0 Å². The van der Waals surface area contributed by atoms with Gasteiger partial charge in [0.15, 0.2) is 0 Å². The van der Waals surface area contributed by atoms with Crippen LogP contribution in [0.4, 0.5) is 10.6 Å².